The first-order valence-electron chi connectivity index (χ1n) is 22.5. The number of quaternary nitrogens is 1. The van der Waals surface area contributed by atoms with Gasteiger partial charge in [-0.15, -0.1) is 0 Å². The van der Waals surface area contributed by atoms with Crippen LogP contribution in [0, 0.1) is 0 Å². The van der Waals surface area contributed by atoms with Gasteiger partial charge in [-0.2, -0.15) is 0 Å². The van der Waals surface area contributed by atoms with E-state index in [4.69, 9.17) is 18.5 Å². The van der Waals surface area contributed by atoms with Crippen LogP contribution in [0.5, 0.6) is 0 Å². The molecule has 0 aliphatic rings. The van der Waals surface area contributed by atoms with Gasteiger partial charge >= 0.3 is 11.9 Å². The van der Waals surface area contributed by atoms with Crippen LogP contribution >= 0.6 is 7.82 Å². The van der Waals surface area contributed by atoms with Crippen molar-refractivity contribution in [2.75, 3.05) is 47.5 Å². The maximum absolute atomic E-state index is 12.7. The van der Waals surface area contributed by atoms with Gasteiger partial charge in [-0.05, 0) is 89.9 Å². The summed E-state index contributed by atoms with van der Waals surface area (Å²) in [4.78, 5) is 37.6. The van der Waals surface area contributed by atoms with Crippen molar-refractivity contribution in [2.45, 2.75) is 161 Å². The molecule has 11 nitrogen and oxygen atoms in total. The van der Waals surface area contributed by atoms with Crippen molar-refractivity contribution >= 4 is 19.8 Å². The fourth-order valence-electron chi connectivity index (χ4n) is 5.45. The maximum atomic E-state index is 12.7. The summed E-state index contributed by atoms with van der Waals surface area (Å²) in [6.07, 6.45) is 42.1. The Morgan fingerprint density at radius 1 is 0.617 bits per heavy atom. The van der Waals surface area contributed by atoms with E-state index >= 15 is 0 Å². The molecule has 0 bridgehead atoms. The quantitative estimate of drug-likeness (QED) is 0.0201. The van der Waals surface area contributed by atoms with E-state index in [0.717, 1.165) is 70.6 Å². The fraction of sp³-hybridized carbons (Fsp3) is 0.667. The van der Waals surface area contributed by atoms with Crippen LogP contribution in [-0.4, -0.2) is 92.5 Å². The molecule has 0 rings (SSSR count). The van der Waals surface area contributed by atoms with E-state index in [-0.39, 0.29) is 45.3 Å². The molecule has 0 aromatic carbocycles. The first-order chi connectivity index (χ1) is 28.8. The molecule has 0 saturated heterocycles. The number of unbranched alkanes of at least 4 members (excludes halogenated alkanes) is 7. The number of carbonyl (C=O) groups is 2. The summed E-state index contributed by atoms with van der Waals surface area (Å²) in [5.41, 5.74) is 0. The highest BCUT2D eigenvalue weighted by molar-refractivity contribution is 7.45. The van der Waals surface area contributed by atoms with Crippen molar-refractivity contribution in [2.24, 2.45) is 0 Å². The number of phosphoric acid groups is 1. The Morgan fingerprint density at radius 3 is 1.70 bits per heavy atom. The van der Waals surface area contributed by atoms with Crippen molar-refractivity contribution in [1.29, 1.82) is 0 Å². The SMILES string of the molecule is CC/C=C\C/C=C\C/C=C\C/C=C\CCCCCCC(=O)OC[C@H](COP(=O)([O-])OCC[N+](C)(C)C)OC(=O)CCCC(O)C(O)C/C=C\C/C=C\C/C=C\CCCCC. The molecule has 60 heavy (non-hydrogen) atoms. The number of phosphoric ester groups is 1. The zero-order valence-electron chi connectivity index (χ0n) is 37.8. The van der Waals surface area contributed by atoms with Crippen LogP contribution in [-0.2, 0) is 32.7 Å². The molecule has 0 aromatic heterocycles. The summed E-state index contributed by atoms with van der Waals surface area (Å²) in [6.45, 7) is 3.69. The van der Waals surface area contributed by atoms with Gasteiger partial charge in [0.1, 0.15) is 19.8 Å². The van der Waals surface area contributed by atoms with Crippen molar-refractivity contribution in [1.82, 2.24) is 0 Å². The monoisotopic (exact) mass is 864 g/mol. The molecule has 0 amide bonds. The number of aliphatic hydroxyl groups excluding tert-OH is 2. The van der Waals surface area contributed by atoms with Gasteiger partial charge in [-0.3, -0.25) is 14.2 Å². The van der Waals surface area contributed by atoms with Gasteiger partial charge in [-0.25, -0.2) is 0 Å². The molecule has 12 heteroatoms. The zero-order valence-corrected chi connectivity index (χ0v) is 38.7. The number of likely N-dealkylation sites (N-methyl/N-ethyl adjacent to an activating group) is 1. The molecule has 0 radical (unpaired) electrons. The zero-order chi connectivity index (χ0) is 44.6. The van der Waals surface area contributed by atoms with Gasteiger partial charge in [0.15, 0.2) is 6.10 Å². The molecule has 0 saturated carbocycles. The van der Waals surface area contributed by atoms with Crippen molar-refractivity contribution in [3.63, 3.8) is 0 Å². The van der Waals surface area contributed by atoms with Crippen LogP contribution in [0.1, 0.15) is 142 Å². The second kappa shape index (κ2) is 39.0. The molecule has 2 N–H and O–H groups in total. The van der Waals surface area contributed by atoms with Crippen molar-refractivity contribution < 1.29 is 52.3 Å². The van der Waals surface area contributed by atoms with Crippen LogP contribution in [0.3, 0.4) is 0 Å². The second-order valence-corrected chi connectivity index (χ2v) is 17.4. The Morgan fingerprint density at radius 2 is 1.13 bits per heavy atom. The van der Waals surface area contributed by atoms with E-state index in [0.29, 0.717) is 17.4 Å². The summed E-state index contributed by atoms with van der Waals surface area (Å²) in [5.74, 6) is -1.16. The van der Waals surface area contributed by atoms with Crippen LogP contribution < -0.4 is 4.89 Å². The van der Waals surface area contributed by atoms with Crippen LogP contribution in [0.4, 0.5) is 0 Å². The first kappa shape index (κ1) is 57.1. The first-order valence-corrected chi connectivity index (χ1v) is 23.9. The molecule has 344 valence electrons. The van der Waals surface area contributed by atoms with E-state index in [9.17, 15) is 29.3 Å². The summed E-state index contributed by atoms with van der Waals surface area (Å²) in [5, 5.41) is 20.8. The predicted molar refractivity (Wildman–Crippen MR) is 243 cm³/mol. The molecule has 0 aliphatic carbocycles. The summed E-state index contributed by atoms with van der Waals surface area (Å²) in [6, 6.07) is 0. The predicted octanol–water partition coefficient (Wildman–Crippen LogP) is 10.1. The molecule has 3 unspecified atom stereocenters. The lowest BCUT2D eigenvalue weighted by atomic mass is 10.0. The Bertz CT molecular complexity index is 1330. The Labute approximate surface area is 364 Å². The van der Waals surface area contributed by atoms with Gasteiger partial charge in [-0.1, -0.05) is 125 Å². The number of hydrogen-bond acceptors (Lipinski definition) is 10. The van der Waals surface area contributed by atoms with E-state index < -0.39 is 44.7 Å². The topological polar surface area (TPSA) is 152 Å². The molecule has 0 heterocycles. The van der Waals surface area contributed by atoms with Crippen molar-refractivity contribution in [3.8, 4) is 0 Å². The summed E-state index contributed by atoms with van der Waals surface area (Å²) >= 11 is 0. The molecule has 0 spiro atoms. The van der Waals surface area contributed by atoms with E-state index in [2.05, 4.69) is 86.8 Å². The minimum absolute atomic E-state index is 0.0920. The van der Waals surface area contributed by atoms with Gasteiger partial charge in [0.05, 0.1) is 40.0 Å². The lowest BCUT2D eigenvalue weighted by Gasteiger charge is -2.28. The summed E-state index contributed by atoms with van der Waals surface area (Å²) in [7, 11) is 0.958. The number of nitrogens with zero attached hydrogens (tertiary/aromatic N) is 1. The number of esters is 2. The number of rotatable bonds is 39. The van der Waals surface area contributed by atoms with Crippen LogP contribution in [0.25, 0.3) is 0 Å². The Balaban J connectivity index is 4.66. The average molecular weight is 864 g/mol. The maximum Gasteiger partial charge on any atom is 0.306 e. The number of hydrogen-bond donors (Lipinski definition) is 2. The highest BCUT2D eigenvalue weighted by atomic mass is 31.2. The molecule has 0 aromatic rings. The van der Waals surface area contributed by atoms with E-state index in [1.165, 1.54) is 19.3 Å². The van der Waals surface area contributed by atoms with E-state index in [1.807, 2.05) is 33.3 Å². The van der Waals surface area contributed by atoms with Gasteiger partial charge in [0.2, 0.25) is 0 Å². The number of ether oxygens (including phenoxy) is 2. The minimum atomic E-state index is -4.72. The number of allylic oxidation sites excluding steroid dienone is 13. The minimum Gasteiger partial charge on any atom is -0.756 e. The third-order valence-corrected chi connectivity index (χ3v) is 10.1. The van der Waals surface area contributed by atoms with Crippen LogP contribution in [0.15, 0.2) is 85.1 Å². The highest BCUT2D eigenvalue weighted by Gasteiger charge is 2.22. The highest BCUT2D eigenvalue weighted by Crippen LogP contribution is 2.38. The number of carbonyl (C=O) groups excluding carboxylic acids is 2. The lowest BCUT2D eigenvalue weighted by Crippen LogP contribution is -2.37. The standard InChI is InChI=1S/C48H82NO10P/c1-6-8-10-12-14-16-18-20-21-22-23-24-26-28-30-32-34-38-47(52)56-42-44(43-58-60(54,55)57-41-40-49(3,4)5)59-48(53)39-35-37-46(51)45(50)36-33-31-29-27-25-19-17-15-13-11-9-7-2/h8,10,14-17,20-21,23-25,27,31,33,44-46,50-51H,6-7,9,11-13,18-19,22,26,28-30,32,34-43H2,1-5H3/b10-8-,16-14-,17-15-,21-20-,24-23-,27-25-,33-31-/t44-,45?,46?/m1/s1. The lowest BCUT2D eigenvalue weighted by molar-refractivity contribution is -0.870. The summed E-state index contributed by atoms with van der Waals surface area (Å²) < 4.78 is 33.6. The Kier molecular flexibility index (Phi) is 37.1. The van der Waals surface area contributed by atoms with Gasteiger partial charge < -0.3 is 38.1 Å². The molecular formula is C48H82NO10P. The smallest absolute Gasteiger partial charge is 0.306 e. The normalized spacial score (nSPS) is 15.4. The molecular weight excluding hydrogens is 781 g/mol. The second-order valence-electron chi connectivity index (χ2n) is 16.0. The molecule has 4 atom stereocenters. The average Bonchev–Trinajstić information content (AvgIpc) is 3.19. The van der Waals surface area contributed by atoms with E-state index in [1.54, 1.807) is 0 Å². The Hall–Kier alpha value is -2.89. The largest absolute Gasteiger partial charge is 0.756 e. The fourth-order valence-corrected chi connectivity index (χ4v) is 6.18. The van der Waals surface area contributed by atoms with Gasteiger partial charge in [0.25, 0.3) is 7.82 Å². The molecule has 0 fully saturated rings. The van der Waals surface area contributed by atoms with Crippen molar-refractivity contribution in [3.05, 3.63) is 85.1 Å². The van der Waals surface area contributed by atoms with Crippen LogP contribution in [0.2, 0.25) is 0 Å². The number of aliphatic hydroxyl groups is 2. The third-order valence-electron chi connectivity index (χ3n) is 9.10. The van der Waals surface area contributed by atoms with Gasteiger partial charge in [0, 0.05) is 12.8 Å². The molecule has 0 aliphatic heterocycles. The third kappa shape index (κ3) is 40.5.